The molecule has 2 saturated heterocycles. The molecule has 162 valence electrons. The first kappa shape index (κ1) is 20.7. The van der Waals surface area contributed by atoms with Crippen molar-refractivity contribution >= 4 is 22.9 Å². The normalized spacial score (nSPS) is 30.6. The molecule has 2 aromatic rings. The highest BCUT2D eigenvalue weighted by Gasteiger charge is 2.64. The van der Waals surface area contributed by atoms with Gasteiger partial charge in [0.15, 0.2) is 11.6 Å². The highest BCUT2D eigenvalue weighted by Crippen LogP contribution is 2.53. The van der Waals surface area contributed by atoms with Gasteiger partial charge in [0.2, 0.25) is 0 Å². The molecule has 0 saturated carbocycles. The van der Waals surface area contributed by atoms with E-state index in [1.165, 1.54) is 19.5 Å². The van der Waals surface area contributed by atoms with Crippen molar-refractivity contribution < 1.29 is 28.8 Å². The molecular formula is C20H26N4O6. The summed E-state index contributed by atoms with van der Waals surface area (Å²) < 4.78 is 24.8. The van der Waals surface area contributed by atoms with Gasteiger partial charge in [-0.15, -0.1) is 0 Å². The van der Waals surface area contributed by atoms with E-state index in [1.807, 2.05) is 26.8 Å². The third-order valence-corrected chi connectivity index (χ3v) is 5.63. The van der Waals surface area contributed by atoms with Gasteiger partial charge < -0.3 is 29.8 Å². The maximum absolute atomic E-state index is 11.8. The van der Waals surface area contributed by atoms with E-state index in [9.17, 15) is 9.90 Å². The number of aliphatic hydroxyl groups is 1. The average Bonchev–Trinajstić information content (AvgIpc) is 3.26. The summed E-state index contributed by atoms with van der Waals surface area (Å²) in [7, 11) is 1.31. The van der Waals surface area contributed by atoms with E-state index >= 15 is 0 Å². The largest absolute Gasteiger partial charge is 0.466 e. The van der Waals surface area contributed by atoms with Crippen LogP contribution in [0.15, 0.2) is 18.5 Å². The van der Waals surface area contributed by atoms with Crippen molar-refractivity contribution in [2.75, 3.05) is 19.5 Å². The van der Waals surface area contributed by atoms with Crippen molar-refractivity contribution in [1.82, 2.24) is 14.6 Å². The van der Waals surface area contributed by atoms with Crippen LogP contribution >= 0.6 is 0 Å². The van der Waals surface area contributed by atoms with Crippen LogP contribution in [0.25, 0.3) is 11.1 Å². The first-order valence-corrected chi connectivity index (χ1v) is 9.64. The van der Waals surface area contributed by atoms with E-state index in [-0.39, 0.29) is 12.4 Å². The van der Waals surface area contributed by atoms with Gasteiger partial charge in [-0.2, -0.15) is 5.10 Å². The maximum Gasteiger partial charge on any atom is 0.330 e. The van der Waals surface area contributed by atoms with E-state index in [0.717, 1.165) is 0 Å². The smallest absolute Gasteiger partial charge is 0.330 e. The van der Waals surface area contributed by atoms with Gasteiger partial charge in [0.05, 0.1) is 19.4 Å². The number of nitrogen functional groups attached to an aromatic ring is 1. The second kappa shape index (κ2) is 7.02. The number of rotatable bonds is 4. The van der Waals surface area contributed by atoms with E-state index in [1.54, 1.807) is 11.4 Å². The molecule has 2 fully saturated rings. The molecule has 0 radical (unpaired) electrons. The molecule has 10 heteroatoms. The summed E-state index contributed by atoms with van der Waals surface area (Å²) in [6.45, 7) is 7.11. The van der Waals surface area contributed by atoms with Gasteiger partial charge in [-0.3, -0.25) is 0 Å². The van der Waals surface area contributed by atoms with Crippen LogP contribution in [-0.2, 0) is 23.7 Å². The molecule has 0 aliphatic carbocycles. The van der Waals surface area contributed by atoms with E-state index < -0.39 is 35.7 Å². The fraction of sp³-hybridized carbons (Fsp3) is 0.550. The standard InChI is InChI=1S/C20H26N4O6/c1-10(6-14(26)27-5)11-7-12(24-15(11)18(21)22-9-23-24)16-20(4)17(13(8-25)28-16)29-19(2,3)30-20/h6-7,9,13,16-17,25H,8H2,1-5H3,(H2,21,22,23)/b10-6+/t13-,16+,17-,20+/m1/s1. The molecule has 2 aliphatic rings. The summed E-state index contributed by atoms with van der Waals surface area (Å²) in [5.41, 5.74) is 7.78. The lowest BCUT2D eigenvalue weighted by atomic mass is 9.91. The second-order valence-corrected chi connectivity index (χ2v) is 8.20. The van der Waals surface area contributed by atoms with Crippen LogP contribution in [0.4, 0.5) is 5.82 Å². The van der Waals surface area contributed by atoms with Crippen LogP contribution < -0.4 is 5.73 Å². The number of nitrogens with zero attached hydrogens (tertiary/aromatic N) is 3. The molecule has 2 aromatic heterocycles. The zero-order valence-corrected chi connectivity index (χ0v) is 17.6. The summed E-state index contributed by atoms with van der Waals surface area (Å²) in [5, 5.41) is 14.2. The van der Waals surface area contributed by atoms with Crippen LogP contribution in [0.2, 0.25) is 0 Å². The molecule has 4 heterocycles. The molecule has 0 unspecified atom stereocenters. The molecule has 2 aliphatic heterocycles. The first-order valence-electron chi connectivity index (χ1n) is 9.64. The summed E-state index contributed by atoms with van der Waals surface area (Å²) in [6, 6.07) is 1.84. The van der Waals surface area contributed by atoms with Gasteiger partial charge in [-0.25, -0.2) is 14.3 Å². The molecule has 0 aromatic carbocycles. The van der Waals surface area contributed by atoms with Crippen LogP contribution in [0.5, 0.6) is 0 Å². The average molecular weight is 418 g/mol. The minimum atomic E-state index is -0.873. The Bertz CT molecular complexity index is 1030. The molecule has 0 amide bonds. The molecule has 0 spiro atoms. The van der Waals surface area contributed by atoms with Gasteiger partial charge in [0.25, 0.3) is 0 Å². The van der Waals surface area contributed by atoms with Gasteiger partial charge >= 0.3 is 5.97 Å². The number of ether oxygens (including phenoxy) is 4. The number of anilines is 1. The number of carbonyl (C=O) groups is 1. The fourth-order valence-electron chi connectivity index (χ4n) is 4.46. The first-order chi connectivity index (χ1) is 14.1. The van der Waals surface area contributed by atoms with Gasteiger partial charge in [-0.1, -0.05) is 0 Å². The SMILES string of the molecule is COC(=O)/C=C(\C)c1cc([C@@H]2O[C@H](CO)[C@H]3OC(C)(C)O[C@]32C)n2ncnc(N)c12. The number of allylic oxidation sites excluding steroid dienone is 1. The Kier molecular flexibility index (Phi) is 4.85. The monoisotopic (exact) mass is 418 g/mol. The van der Waals surface area contributed by atoms with Crippen molar-refractivity contribution in [2.24, 2.45) is 0 Å². The van der Waals surface area contributed by atoms with Gasteiger partial charge in [-0.05, 0) is 39.3 Å². The quantitative estimate of drug-likeness (QED) is 0.556. The minimum Gasteiger partial charge on any atom is -0.466 e. The summed E-state index contributed by atoms with van der Waals surface area (Å²) in [4.78, 5) is 15.9. The number of fused-ring (bicyclic) bond motifs is 2. The van der Waals surface area contributed by atoms with Gasteiger partial charge in [0, 0.05) is 11.6 Å². The summed E-state index contributed by atoms with van der Waals surface area (Å²) in [5.74, 6) is -1.06. The third kappa shape index (κ3) is 3.07. The second-order valence-electron chi connectivity index (χ2n) is 8.20. The van der Waals surface area contributed by atoms with Crippen LogP contribution in [0.1, 0.15) is 45.1 Å². The maximum atomic E-state index is 11.8. The summed E-state index contributed by atoms with van der Waals surface area (Å²) >= 11 is 0. The zero-order chi connectivity index (χ0) is 21.8. The number of hydrogen-bond donors (Lipinski definition) is 2. The Morgan fingerprint density at radius 2 is 2.17 bits per heavy atom. The number of esters is 1. The molecule has 0 bridgehead atoms. The number of aliphatic hydroxyl groups excluding tert-OH is 1. The molecular weight excluding hydrogens is 392 g/mol. The van der Waals surface area contributed by atoms with Crippen molar-refractivity contribution in [3.63, 3.8) is 0 Å². The number of nitrogens with two attached hydrogens (primary N) is 1. The van der Waals surface area contributed by atoms with Crippen LogP contribution in [0, 0.1) is 0 Å². The molecule has 4 rings (SSSR count). The predicted octanol–water partition coefficient (Wildman–Crippen LogP) is 1.23. The Hall–Kier alpha value is -2.53. The zero-order valence-electron chi connectivity index (χ0n) is 17.6. The highest BCUT2D eigenvalue weighted by molar-refractivity contribution is 5.95. The van der Waals surface area contributed by atoms with Gasteiger partial charge in [0.1, 0.15) is 35.8 Å². The number of hydrogen-bond acceptors (Lipinski definition) is 9. The highest BCUT2D eigenvalue weighted by atomic mass is 16.8. The number of methoxy groups -OCH3 is 1. The minimum absolute atomic E-state index is 0.218. The Morgan fingerprint density at radius 1 is 1.43 bits per heavy atom. The Balaban J connectivity index is 1.89. The van der Waals surface area contributed by atoms with E-state index in [0.29, 0.717) is 22.3 Å². The number of aromatic nitrogens is 3. The molecule has 30 heavy (non-hydrogen) atoms. The number of carbonyl (C=O) groups excluding carboxylic acids is 1. The van der Waals surface area contributed by atoms with Crippen molar-refractivity contribution in [1.29, 1.82) is 0 Å². The third-order valence-electron chi connectivity index (χ3n) is 5.63. The predicted molar refractivity (Wildman–Crippen MR) is 106 cm³/mol. The lowest BCUT2D eigenvalue weighted by Gasteiger charge is -2.29. The van der Waals surface area contributed by atoms with Crippen LogP contribution in [0.3, 0.4) is 0 Å². The lowest BCUT2D eigenvalue weighted by molar-refractivity contribution is -0.207. The lowest BCUT2D eigenvalue weighted by Crippen LogP contribution is -2.40. The van der Waals surface area contributed by atoms with E-state index in [2.05, 4.69) is 10.1 Å². The Morgan fingerprint density at radius 3 is 2.83 bits per heavy atom. The Labute approximate surface area is 173 Å². The molecule has 3 N–H and O–H groups in total. The molecule has 10 nitrogen and oxygen atoms in total. The fourth-order valence-corrected chi connectivity index (χ4v) is 4.46. The topological polar surface area (TPSA) is 130 Å². The summed E-state index contributed by atoms with van der Waals surface area (Å²) in [6.07, 6.45) is 1.08. The van der Waals surface area contributed by atoms with E-state index in [4.69, 9.17) is 24.7 Å². The van der Waals surface area contributed by atoms with Crippen molar-refractivity contribution in [3.05, 3.63) is 29.7 Å². The van der Waals surface area contributed by atoms with Crippen molar-refractivity contribution in [3.8, 4) is 0 Å². The molecule has 4 atom stereocenters. The van der Waals surface area contributed by atoms with Crippen molar-refractivity contribution in [2.45, 2.75) is 57.4 Å². The van der Waals surface area contributed by atoms with Crippen LogP contribution in [-0.4, -0.2) is 63.0 Å².